The van der Waals surface area contributed by atoms with Crippen LogP contribution in [0.2, 0.25) is 5.02 Å². The van der Waals surface area contributed by atoms with Gasteiger partial charge in [0.1, 0.15) is 0 Å². The third-order valence-electron chi connectivity index (χ3n) is 2.81. The Balaban J connectivity index is 2.39. The summed E-state index contributed by atoms with van der Waals surface area (Å²) in [6.07, 6.45) is 0. The molecule has 0 saturated heterocycles. The molecule has 0 aliphatic heterocycles. The highest BCUT2D eigenvalue weighted by Gasteiger charge is 2.24. The molecule has 0 atom stereocenters. The number of amides is 1. The van der Waals surface area contributed by atoms with Crippen molar-refractivity contribution in [2.45, 2.75) is 4.90 Å². The summed E-state index contributed by atoms with van der Waals surface area (Å²) in [6.45, 7) is 0. The number of carbonyl (C=O) groups is 1. The molecular formula is C13H9ClN2O6S. The number of nitrogens with zero attached hydrogens (tertiary/aromatic N) is 1. The maximum absolute atomic E-state index is 12.1. The normalized spacial score (nSPS) is 11.0. The third-order valence-corrected chi connectivity index (χ3v) is 4.04. The van der Waals surface area contributed by atoms with Crippen LogP contribution < -0.4 is 5.32 Å². The van der Waals surface area contributed by atoms with Crippen molar-refractivity contribution in [3.63, 3.8) is 0 Å². The minimum Gasteiger partial charge on any atom is -0.322 e. The number of hydrogen-bond donors (Lipinski definition) is 2. The first-order chi connectivity index (χ1) is 10.7. The largest absolute Gasteiger partial charge is 0.322 e. The van der Waals surface area contributed by atoms with Gasteiger partial charge in [-0.2, -0.15) is 8.42 Å². The van der Waals surface area contributed by atoms with Gasteiger partial charge >= 0.3 is 10.1 Å². The molecule has 0 radical (unpaired) electrons. The highest BCUT2D eigenvalue weighted by molar-refractivity contribution is 7.86. The second-order valence-corrected chi connectivity index (χ2v) is 6.15. The molecule has 0 bridgehead atoms. The van der Waals surface area contributed by atoms with E-state index in [1.807, 2.05) is 0 Å². The van der Waals surface area contributed by atoms with E-state index in [4.69, 9.17) is 16.2 Å². The van der Waals surface area contributed by atoms with Crippen LogP contribution in [0.3, 0.4) is 0 Å². The number of halogens is 1. The summed E-state index contributed by atoms with van der Waals surface area (Å²) < 4.78 is 31.2. The van der Waals surface area contributed by atoms with E-state index in [9.17, 15) is 23.3 Å². The molecule has 0 heterocycles. The van der Waals surface area contributed by atoms with Crippen LogP contribution >= 0.6 is 11.6 Å². The van der Waals surface area contributed by atoms with Crippen molar-refractivity contribution in [2.24, 2.45) is 0 Å². The Morgan fingerprint density at radius 2 is 1.87 bits per heavy atom. The summed E-state index contributed by atoms with van der Waals surface area (Å²) in [5, 5.41) is 13.5. The summed E-state index contributed by atoms with van der Waals surface area (Å²) in [6, 6.07) is 8.95. The van der Waals surface area contributed by atoms with E-state index in [1.165, 1.54) is 12.1 Å². The summed E-state index contributed by atoms with van der Waals surface area (Å²) in [5.41, 5.74) is -0.728. The lowest BCUT2D eigenvalue weighted by atomic mass is 10.2. The summed E-state index contributed by atoms with van der Waals surface area (Å²) in [5.74, 6) is -0.621. The molecule has 2 rings (SSSR count). The lowest BCUT2D eigenvalue weighted by molar-refractivity contribution is -0.387. The number of nitrogens with one attached hydrogen (secondary N) is 1. The quantitative estimate of drug-likeness (QED) is 0.492. The molecule has 0 aliphatic rings. The van der Waals surface area contributed by atoms with Crippen molar-refractivity contribution in [1.29, 1.82) is 0 Å². The maximum Gasteiger partial charge on any atom is 0.301 e. The van der Waals surface area contributed by atoms with Gasteiger partial charge in [0.25, 0.3) is 11.6 Å². The predicted octanol–water partition coefficient (Wildman–Crippen LogP) is 2.75. The van der Waals surface area contributed by atoms with E-state index in [0.717, 1.165) is 18.2 Å². The molecule has 2 aromatic carbocycles. The van der Waals surface area contributed by atoms with Gasteiger partial charge in [-0.3, -0.25) is 19.5 Å². The van der Waals surface area contributed by atoms with Crippen molar-refractivity contribution in [3.8, 4) is 0 Å². The zero-order valence-electron chi connectivity index (χ0n) is 11.3. The highest BCUT2D eigenvalue weighted by atomic mass is 35.5. The number of nitro benzene ring substituents is 1. The minimum absolute atomic E-state index is 0.0194. The fourth-order valence-electron chi connectivity index (χ4n) is 1.80. The van der Waals surface area contributed by atoms with Crippen molar-refractivity contribution in [1.82, 2.24) is 0 Å². The molecule has 2 N–H and O–H groups in total. The van der Waals surface area contributed by atoms with Gasteiger partial charge < -0.3 is 5.32 Å². The van der Waals surface area contributed by atoms with E-state index in [-0.39, 0.29) is 16.3 Å². The fraction of sp³-hybridized carbons (Fsp3) is 0. The van der Waals surface area contributed by atoms with Gasteiger partial charge in [0.05, 0.1) is 15.5 Å². The Labute approximate surface area is 135 Å². The summed E-state index contributed by atoms with van der Waals surface area (Å²) in [7, 11) is -4.76. The molecule has 23 heavy (non-hydrogen) atoms. The molecule has 0 spiro atoms. The maximum atomic E-state index is 12.1. The van der Waals surface area contributed by atoms with Crippen LogP contribution in [-0.4, -0.2) is 23.8 Å². The molecule has 0 fully saturated rings. The number of hydrogen-bond acceptors (Lipinski definition) is 5. The van der Waals surface area contributed by atoms with E-state index in [2.05, 4.69) is 5.32 Å². The third kappa shape index (κ3) is 3.83. The first-order valence-corrected chi connectivity index (χ1v) is 7.84. The van der Waals surface area contributed by atoms with Crippen LogP contribution in [0.5, 0.6) is 0 Å². The fourth-order valence-corrected chi connectivity index (χ4v) is 2.66. The molecule has 120 valence electrons. The average molecular weight is 357 g/mol. The van der Waals surface area contributed by atoms with Crippen LogP contribution in [0.4, 0.5) is 11.4 Å². The van der Waals surface area contributed by atoms with Crippen molar-refractivity contribution in [2.75, 3.05) is 5.32 Å². The number of rotatable bonds is 4. The lowest BCUT2D eigenvalue weighted by Gasteiger charge is -2.07. The molecule has 10 heteroatoms. The second-order valence-electron chi connectivity index (χ2n) is 4.35. The number of carbonyl (C=O) groups excluding carboxylic acids is 1. The monoisotopic (exact) mass is 356 g/mol. The molecule has 0 aromatic heterocycles. The van der Waals surface area contributed by atoms with Crippen molar-refractivity contribution < 1.29 is 22.7 Å². The topological polar surface area (TPSA) is 127 Å². The average Bonchev–Trinajstić information content (AvgIpc) is 2.46. The first kappa shape index (κ1) is 16.9. The molecule has 0 aliphatic carbocycles. The van der Waals surface area contributed by atoms with Gasteiger partial charge in [-0.1, -0.05) is 23.7 Å². The smallest absolute Gasteiger partial charge is 0.301 e. The molecule has 8 nitrogen and oxygen atoms in total. The van der Waals surface area contributed by atoms with Crippen LogP contribution in [0.25, 0.3) is 0 Å². The van der Waals surface area contributed by atoms with Crippen LogP contribution in [-0.2, 0) is 10.1 Å². The predicted molar refractivity (Wildman–Crippen MR) is 82.3 cm³/mol. The van der Waals surface area contributed by atoms with Gasteiger partial charge in [0, 0.05) is 11.8 Å². The standard InChI is InChI=1S/C13H9ClN2O6S/c14-10-4-2-1-3-9(10)13(17)15-8-5-6-12(23(20,21)22)11(7-8)16(18)19/h1-7H,(H,15,17)(H,20,21,22). The van der Waals surface area contributed by atoms with Crippen LogP contribution in [0.1, 0.15) is 10.4 Å². The Kier molecular flexibility index (Phi) is 4.64. The van der Waals surface area contributed by atoms with Crippen molar-refractivity contribution >= 4 is 39.0 Å². The number of anilines is 1. The Bertz CT molecular complexity index is 897. The summed E-state index contributed by atoms with van der Waals surface area (Å²) in [4.78, 5) is 21.2. The van der Waals surface area contributed by atoms with Gasteiger partial charge in [-0.15, -0.1) is 0 Å². The number of benzene rings is 2. The second kappa shape index (κ2) is 6.32. The Hall–Kier alpha value is -2.49. The van der Waals surface area contributed by atoms with E-state index in [0.29, 0.717) is 0 Å². The summed E-state index contributed by atoms with van der Waals surface area (Å²) >= 11 is 5.87. The molecule has 0 unspecified atom stereocenters. The lowest BCUT2D eigenvalue weighted by Crippen LogP contribution is -2.13. The Morgan fingerprint density at radius 1 is 1.22 bits per heavy atom. The first-order valence-electron chi connectivity index (χ1n) is 6.02. The van der Waals surface area contributed by atoms with E-state index in [1.54, 1.807) is 12.1 Å². The van der Waals surface area contributed by atoms with Gasteiger partial charge in [0.15, 0.2) is 4.90 Å². The van der Waals surface area contributed by atoms with Gasteiger partial charge in [-0.25, -0.2) is 0 Å². The minimum atomic E-state index is -4.76. The number of nitro groups is 1. The van der Waals surface area contributed by atoms with Crippen molar-refractivity contribution in [3.05, 3.63) is 63.2 Å². The molecule has 0 saturated carbocycles. The van der Waals surface area contributed by atoms with Gasteiger partial charge in [-0.05, 0) is 24.3 Å². The Morgan fingerprint density at radius 3 is 2.43 bits per heavy atom. The molecule has 1 amide bonds. The van der Waals surface area contributed by atoms with Gasteiger partial charge in [0.2, 0.25) is 0 Å². The van der Waals surface area contributed by atoms with Crippen LogP contribution in [0.15, 0.2) is 47.4 Å². The highest BCUT2D eigenvalue weighted by Crippen LogP contribution is 2.27. The molecule has 2 aromatic rings. The zero-order chi connectivity index (χ0) is 17.2. The van der Waals surface area contributed by atoms with E-state index >= 15 is 0 Å². The van der Waals surface area contributed by atoms with E-state index < -0.39 is 31.5 Å². The molecular weight excluding hydrogens is 348 g/mol. The zero-order valence-corrected chi connectivity index (χ0v) is 12.8. The van der Waals surface area contributed by atoms with Crippen LogP contribution in [0, 0.1) is 10.1 Å². The SMILES string of the molecule is O=C(Nc1ccc(S(=O)(=O)O)c([N+](=O)[O-])c1)c1ccccc1Cl.